The average molecular weight is 692 g/mol. The number of rotatable bonds is 12. The topological polar surface area (TPSA) is 142 Å². The summed E-state index contributed by atoms with van der Waals surface area (Å²) in [5, 5.41) is 18.5. The molecule has 1 amide bonds. The molecule has 3 aromatic heterocycles. The highest BCUT2D eigenvalue weighted by atomic mass is 35.5. The van der Waals surface area contributed by atoms with Gasteiger partial charge in [0.2, 0.25) is 11.8 Å². The zero-order valence-corrected chi connectivity index (χ0v) is 27.6. The molecule has 4 N–H and O–H groups in total. The van der Waals surface area contributed by atoms with E-state index in [0.29, 0.717) is 68.1 Å². The standard InChI is InChI=1S/C35H36ClF2N7O4/c1-49-34-21(17-39-18-23-6-8-28(46)42-23)5-7-26(44-34)24-10-14-40-32(29(24)36)25-3-2-4-27(31(25)38)43-33-30(37)22(9-13-41-33)19-45-15-11-20(12-16-45)35(47)48/h2-5,7,9-10,13-14,20,23,39H,6,8,11-12,15-19H2,1H3,(H,41,43)(H,42,46)(H,47,48)/t23-/m1/s1. The number of aromatic nitrogens is 3. The lowest BCUT2D eigenvalue weighted by molar-refractivity contribution is -0.143. The third-order valence-electron chi connectivity index (χ3n) is 8.90. The maximum atomic E-state index is 16.1. The molecule has 2 aliphatic rings. The molecule has 2 saturated heterocycles. The number of carboxylic acids is 1. The smallest absolute Gasteiger partial charge is 0.306 e. The van der Waals surface area contributed by atoms with Crippen molar-refractivity contribution in [2.45, 2.75) is 44.8 Å². The highest BCUT2D eigenvalue weighted by Crippen LogP contribution is 2.38. The van der Waals surface area contributed by atoms with Gasteiger partial charge in [0, 0.05) is 66.7 Å². The van der Waals surface area contributed by atoms with Gasteiger partial charge in [-0.05, 0) is 62.7 Å². The van der Waals surface area contributed by atoms with E-state index in [1.54, 1.807) is 24.3 Å². The Morgan fingerprint density at radius 2 is 1.84 bits per heavy atom. The molecule has 1 aromatic carbocycles. The zero-order chi connectivity index (χ0) is 34.5. The number of anilines is 2. The number of pyridine rings is 3. The summed E-state index contributed by atoms with van der Waals surface area (Å²) in [4.78, 5) is 37.9. The van der Waals surface area contributed by atoms with Crippen LogP contribution < -0.4 is 20.7 Å². The van der Waals surface area contributed by atoms with Gasteiger partial charge in [-0.25, -0.2) is 18.7 Å². The van der Waals surface area contributed by atoms with Gasteiger partial charge in [0.05, 0.1) is 35.1 Å². The fourth-order valence-corrected chi connectivity index (χ4v) is 6.49. The van der Waals surface area contributed by atoms with Crippen LogP contribution in [0.25, 0.3) is 22.5 Å². The van der Waals surface area contributed by atoms with E-state index in [-0.39, 0.29) is 52.2 Å². The van der Waals surface area contributed by atoms with E-state index in [1.165, 1.54) is 31.6 Å². The van der Waals surface area contributed by atoms with Crippen LogP contribution >= 0.6 is 11.6 Å². The summed E-state index contributed by atoms with van der Waals surface area (Å²) >= 11 is 6.84. The molecule has 0 spiro atoms. The first-order valence-electron chi connectivity index (χ1n) is 16.0. The summed E-state index contributed by atoms with van der Waals surface area (Å²) in [6, 6.07) is 11.6. The molecular formula is C35H36ClF2N7O4. The van der Waals surface area contributed by atoms with Gasteiger partial charge in [-0.1, -0.05) is 23.7 Å². The Bertz CT molecular complexity index is 1860. The van der Waals surface area contributed by atoms with Gasteiger partial charge in [0.1, 0.15) is 0 Å². The number of piperidine rings is 1. The summed E-state index contributed by atoms with van der Waals surface area (Å²) in [5.41, 5.74) is 2.47. The van der Waals surface area contributed by atoms with E-state index >= 15 is 8.78 Å². The van der Waals surface area contributed by atoms with E-state index in [9.17, 15) is 14.7 Å². The number of hydrogen-bond acceptors (Lipinski definition) is 9. The van der Waals surface area contributed by atoms with Crippen LogP contribution in [0.1, 0.15) is 36.8 Å². The van der Waals surface area contributed by atoms with Crippen LogP contribution in [0.5, 0.6) is 5.88 Å². The molecule has 11 nitrogen and oxygen atoms in total. The number of hydrogen-bond donors (Lipinski definition) is 4. The first-order chi connectivity index (χ1) is 23.7. The van der Waals surface area contributed by atoms with Gasteiger partial charge in [0.15, 0.2) is 17.5 Å². The lowest BCUT2D eigenvalue weighted by atomic mass is 9.97. The number of halogens is 3. The largest absolute Gasteiger partial charge is 0.481 e. The fraction of sp³-hybridized carbons (Fsp3) is 0.343. The number of carboxylic acid groups (broad SMARTS) is 1. The Labute approximate surface area is 287 Å². The van der Waals surface area contributed by atoms with Crippen LogP contribution in [-0.2, 0) is 22.7 Å². The molecule has 4 aromatic rings. The Kier molecular flexibility index (Phi) is 10.6. The zero-order valence-electron chi connectivity index (χ0n) is 26.8. The number of carbonyl (C=O) groups excluding carboxylic acids is 1. The molecule has 0 unspecified atom stereocenters. The number of methoxy groups -OCH3 is 1. The number of likely N-dealkylation sites (tertiary alicyclic amines) is 1. The molecule has 0 bridgehead atoms. The summed E-state index contributed by atoms with van der Waals surface area (Å²) < 4.78 is 37.2. The van der Waals surface area contributed by atoms with Crippen molar-refractivity contribution in [2.24, 2.45) is 5.92 Å². The van der Waals surface area contributed by atoms with Crippen LogP contribution in [-0.4, -0.2) is 69.6 Å². The van der Waals surface area contributed by atoms with Crippen molar-refractivity contribution in [3.05, 3.63) is 82.6 Å². The van der Waals surface area contributed by atoms with Crippen molar-refractivity contribution in [3.8, 4) is 28.4 Å². The Balaban J connectivity index is 1.18. The summed E-state index contributed by atoms with van der Waals surface area (Å²) in [6.45, 7) is 2.46. The Morgan fingerprint density at radius 3 is 2.57 bits per heavy atom. The van der Waals surface area contributed by atoms with Gasteiger partial charge in [-0.15, -0.1) is 0 Å². The molecule has 1 atom stereocenters. The predicted molar refractivity (Wildman–Crippen MR) is 180 cm³/mol. The minimum atomic E-state index is -0.808. The Hall–Kier alpha value is -4.72. The second kappa shape index (κ2) is 15.2. The van der Waals surface area contributed by atoms with E-state index in [4.69, 9.17) is 16.3 Å². The number of ether oxygens (including phenoxy) is 1. The van der Waals surface area contributed by atoms with Gasteiger partial charge >= 0.3 is 5.97 Å². The number of amides is 1. The third kappa shape index (κ3) is 7.79. The van der Waals surface area contributed by atoms with Gasteiger partial charge in [-0.2, -0.15) is 0 Å². The fourth-order valence-electron chi connectivity index (χ4n) is 6.18. The van der Waals surface area contributed by atoms with Crippen molar-refractivity contribution in [3.63, 3.8) is 0 Å². The molecule has 2 aliphatic heterocycles. The van der Waals surface area contributed by atoms with E-state index in [1.807, 2.05) is 11.0 Å². The molecular weight excluding hydrogens is 656 g/mol. The first-order valence-corrected chi connectivity index (χ1v) is 16.4. The average Bonchev–Trinajstić information content (AvgIpc) is 3.52. The van der Waals surface area contributed by atoms with Crippen LogP contribution in [0.4, 0.5) is 20.3 Å². The third-order valence-corrected chi connectivity index (χ3v) is 9.28. The normalized spacial score (nSPS) is 16.8. The molecule has 14 heteroatoms. The predicted octanol–water partition coefficient (Wildman–Crippen LogP) is 5.55. The van der Waals surface area contributed by atoms with Gasteiger partial charge in [-0.3, -0.25) is 19.5 Å². The molecule has 256 valence electrons. The van der Waals surface area contributed by atoms with Crippen molar-refractivity contribution in [1.82, 2.24) is 30.5 Å². The van der Waals surface area contributed by atoms with Gasteiger partial charge in [0.25, 0.3) is 0 Å². The molecule has 6 rings (SSSR count). The van der Waals surface area contributed by atoms with Gasteiger partial charge < -0.3 is 25.8 Å². The monoisotopic (exact) mass is 691 g/mol. The lowest BCUT2D eigenvalue weighted by Crippen LogP contribution is -2.36. The van der Waals surface area contributed by atoms with E-state index in [0.717, 1.165) is 12.0 Å². The molecule has 49 heavy (non-hydrogen) atoms. The number of aliphatic carboxylic acids is 1. The summed E-state index contributed by atoms with van der Waals surface area (Å²) in [7, 11) is 1.53. The highest BCUT2D eigenvalue weighted by molar-refractivity contribution is 6.35. The van der Waals surface area contributed by atoms with Crippen molar-refractivity contribution in [2.75, 3.05) is 32.1 Å². The van der Waals surface area contributed by atoms with E-state index < -0.39 is 17.6 Å². The lowest BCUT2D eigenvalue weighted by Gasteiger charge is -2.30. The highest BCUT2D eigenvalue weighted by Gasteiger charge is 2.26. The first kappa shape index (κ1) is 34.2. The molecule has 5 heterocycles. The second-order valence-electron chi connectivity index (χ2n) is 12.1. The van der Waals surface area contributed by atoms with Crippen molar-refractivity contribution in [1.29, 1.82) is 0 Å². The minimum Gasteiger partial charge on any atom is -0.481 e. The number of carbonyl (C=O) groups is 2. The molecule has 2 fully saturated rings. The van der Waals surface area contributed by atoms with Crippen molar-refractivity contribution >= 4 is 35.0 Å². The molecule has 0 saturated carbocycles. The SMILES string of the molecule is COc1nc(-c2ccnc(-c3cccc(Nc4nccc(CN5CCC(C(=O)O)CC5)c4F)c3F)c2Cl)ccc1CNC[C@H]1CCC(=O)N1. The van der Waals surface area contributed by atoms with Crippen LogP contribution in [0, 0.1) is 17.6 Å². The second-order valence-corrected chi connectivity index (χ2v) is 12.5. The van der Waals surface area contributed by atoms with Crippen LogP contribution in [0.15, 0.2) is 54.9 Å². The maximum Gasteiger partial charge on any atom is 0.306 e. The Morgan fingerprint density at radius 1 is 1.04 bits per heavy atom. The molecule has 0 aliphatic carbocycles. The maximum absolute atomic E-state index is 16.1. The van der Waals surface area contributed by atoms with Crippen LogP contribution in [0.2, 0.25) is 5.02 Å². The minimum absolute atomic E-state index is 0.0135. The number of nitrogens with one attached hydrogen (secondary N) is 3. The summed E-state index contributed by atoms with van der Waals surface area (Å²) in [5.74, 6) is -2.18. The number of benzene rings is 1. The van der Waals surface area contributed by atoms with Crippen LogP contribution in [0.3, 0.4) is 0 Å². The summed E-state index contributed by atoms with van der Waals surface area (Å²) in [6.07, 6.45) is 5.29. The molecule has 0 radical (unpaired) electrons. The van der Waals surface area contributed by atoms with E-state index in [2.05, 4.69) is 30.9 Å². The number of nitrogens with zero attached hydrogens (tertiary/aromatic N) is 4. The quantitative estimate of drug-likeness (QED) is 0.149. The van der Waals surface area contributed by atoms with Crippen molar-refractivity contribution < 1.29 is 28.2 Å².